The van der Waals surface area contributed by atoms with Gasteiger partial charge in [-0.1, -0.05) is 35.9 Å². The van der Waals surface area contributed by atoms with Gasteiger partial charge in [-0.05, 0) is 61.9 Å². The molecule has 1 fully saturated rings. The van der Waals surface area contributed by atoms with Crippen molar-refractivity contribution >= 4 is 17.5 Å². The number of nitrogens with one attached hydrogen (secondary N) is 1. The molecule has 1 amide bonds. The lowest BCUT2D eigenvalue weighted by Crippen LogP contribution is -2.38. The highest BCUT2D eigenvalue weighted by Gasteiger charge is 2.26. The molecule has 0 bridgehead atoms. The number of benzene rings is 2. The van der Waals surface area contributed by atoms with Crippen molar-refractivity contribution in [3.63, 3.8) is 0 Å². The van der Waals surface area contributed by atoms with E-state index in [1.165, 1.54) is 10.6 Å². The highest BCUT2D eigenvalue weighted by atomic mass is 35.5. The summed E-state index contributed by atoms with van der Waals surface area (Å²) < 4.78 is 39.8. The van der Waals surface area contributed by atoms with E-state index in [1.807, 2.05) is 0 Å². The minimum atomic E-state index is -4.31. The van der Waals surface area contributed by atoms with Crippen molar-refractivity contribution in [2.45, 2.75) is 69.8 Å². The van der Waals surface area contributed by atoms with Gasteiger partial charge in [0.15, 0.2) is 0 Å². The predicted octanol–water partition coefficient (Wildman–Crippen LogP) is 5.53. The topological polar surface area (TPSA) is 84.2 Å². The van der Waals surface area contributed by atoms with Crippen molar-refractivity contribution in [1.29, 1.82) is 0 Å². The summed E-state index contributed by atoms with van der Waals surface area (Å²) in [4.78, 5) is 30.5. The van der Waals surface area contributed by atoms with Crippen LogP contribution >= 0.6 is 11.6 Å². The molecule has 38 heavy (non-hydrogen) atoms. The molecule has 0 aliphatic heterocycles. The highest BCUT2D eigenvalue weighted by Crippen LogP contribution is 2.24. The van der Waals surface area contributed by atoms with E-state index >= 15 is 0 Å². The quantitative estimate of drug-likeness (QED) is 0.388. The number of aliphatic hydroxyl groups excluding tert-OH is 1. The Morgan fingerprint density at radius 1 is 1.08 bits per heavy atom. The number of nitrogens with zero attached hydrogens (tertiary/aromatic N) is 2. The Kier molecular flexibility index (Phi) is 8.89. The summed E-state index contributed by atoms with van der Waals surface area (Å²) >= 11 is 5.95. The summed E-state index contributed by atoms with van der Waals surface area (Å²) in [6.45, 7) is 0.0603. The summed E-state index contributed by atoms with van der Waals surface area (Å²) in [7, 11) is 0. The monoisotopic (exact) mass is 547 g/mol. The number of rotatable bonds is 8. The number of aromatic nitrogens is 2. The summed E-state index contributed by atoms with van der Waals surface area (Å²) in [5.74, 6) is -0.00971. The minimum Gasteiger partial charge on any atom is -0.393 e. The number of aliphatic hydroxyl groups is 1. The van der Waals surface area contributed by atoms with Gasteiger partial charge in [-0.2, -0.15) is 13.2 Å². The van der Waals surface area contributed by atoms with E-state index in [9.17, 15) is 27.9 Å². The summed E-state index contributed by atoms with van der Waals surface area (Å²) in [5.41, 5.74) is 1.66. The van der Waals surface area contributed by atoms with Crippen molar-refractivity contribution in [1.82, 2.24) is 14.9 Å². The molecule has 0 radical (unpaired) electrons. The Balaban J connectivity index is 1.57. The van der Waals surface area contributed by atoms with Crippen molar-refractivity contribution in [3.05, 3.63) is 86.9 Å². The van der Waals surface area contributed by atoms with Gasteiger partial charge >= 0.3 is 6.18 Å². The number of carbonyl (C=O) groups is 1. The lowest BCUT2D eigenvalue weighted by atomic mass is 9.93. The van der Waals surface area contributed by atoms with Gasteiger partial charge in [0, 0.05) is 41.1 Å². The van der Waals surface area contributed by atoms with Crippen LogP contribution in [-0.2, 0) is 13.0 Å². The third-order valence-electron chi connectivity index (χ3n) is 6.65. The predicted molar refractivity (Wildman–Crippen MR) is 139 cm³/mol. The molecule has 10 heteroatoms. The SMILES string of the molecule is O=C(N[C@H]1CC[C@H](O)CC1)c1cccc(Cn2c(CCCC(F)(F)F)nc(-c3ccc(Cl)cc3)cc2=O)c1. The van der Waals surface area contributed by atoms with Crippen LogP contribution in [0.2, 0.25) is 5.02 Å². The van der Waals surface area contributed by atoms with E-state index in [2.05, 4.69) is 10.3 Å². The van der Waals surface area contributed by atoms with E-state index < -0.39 is 18.2 Å². The fraction of sp³-hybridized carbons (Fsp3) is 0.393. The van der Waals surface area contributed by atoms with Crippen LogP contribution in [0.15, 0.2) is 59.4 Å². The zero-order valence-electron chi connectivity index (χ0n) is 20.7. The number of amides is 1. The number of hydrogen-bond donors (Lipinski definition) is 2. The average Bonchev–Trinajstić information content (AvgIpc) is 2.87. The number of hydrogen-bond acceptors (Lipinski definition) is 4. The molecule has 2 aromatic carbocycles. The summed E-state index contributed by atoms with van der Waals surface area (Å²) in [6.07, 6.45) is -3.17. The lowest BCUT2D eigenvalue weighted by molar-refractivity contribution is -0.135. The molecule has 6 nitrogen and oxygen atoms in total. The molecule has 0 atom stereocenters. The van der Waals surface area contributed by atoms with Crippen LogP contribution in [0.25, 0.3) is 11.3 Å². The maximum atomic E-state index is 13.1. The lowest BCUT2D eigenvalue weighted by Gasteiger charge is -2.26. The summed E-state index contributed by atoms with van der Waals surface area (Å²) in [5, 5.41) is 13.2. The Morgan fingerprint density at radius 3 is 2.47 bits per heavy atom. The highest BCUT2D eigenvalue weighted by molar-refractivity contribution is 6.30. The molecule has 2 N–H and O–H groups in total. The number of carbonyl (C=O) groups excluding carboxylic acids is 1. The van der Waals surface area contributed by atoms with Crippen molar-refractivity contribution in [3.8, 4) is 11.3 Å². The van der Waals surface area contributed by atoms with Gasteiger partial charge in [0.2, 0.25) is 0 Å². The van der Waals surface area contributed by atoms with Gasteiger partial charge < -0.3 is 10.4 Å². The van der Waals surface area contributed by atoms with Gasteiger partial charge in [-0.15, -0.1) is 0 Å². The second-order valence-corrected chi connectivity index (χ2v) is 10.1. The maximum Gasteiger partial charge on any atom is 0.389 e. The van der Waals surface area contributed by atoms with E-state index in [0.717, 1.165) is 0 Å². The van der Waals surface area contributed by atoms with Crippen LogP contribution < -0.4 is 10.9 Å². The van der Waals surface area contributed by atoms with Gasteiger partial charge in [-0.25, -0.2) is 4.98 Å². The van der Waals surface area contributed by atoms with Crippen molar-refractivity contribution in [2.24, 2.45) is 0 Å². The van der Waals surface area contributed by atoms with Crippen LogP contribution in [0.1, 0.15) is 60.3 Å². The first kappa shape index (κ1) is 27.9. The minimum absolute atomic E-state index is 0.0120. The standard InChI is InChI=1S/C28H29ClF3N3O3/c29-21-8-6-19(7-9-21)24-16-26(37)35(25(34-24)5-2-14-28(30,31)32)17-18-3-1-4-20(15-18)27(38)33-22-10-12-23(36)13-11-22/h1,3-4,6-9,15-16,22-23,36H,2,5,10-14,17H2,(H,33,38)/t22-,23-. The molecule has 0 spiro atoms. The van der Waals surface area contributed by atoms with Gasteiger partial charge in [0.1, 0.15) is 5.82 Å². The molecule has 1 aliphatic carbocycles. The first-order valence-electron chi connectivity index (χ1n) is 12.6. The maximum absolute atomic E-state index is 13.1. The fourth-order valence-corrected chi connectivity index (χ4v) is 4.74. The molecule has 0 saturated heterocycles. The molecule has 3 aromatic rings. The smallest absolute Gasteiger partial charge is 0.389 e. The fourth-order valence-electron chi connectivity index (χ4n) is 4.61. The average molecular weight is 548 g/mol. The Labute approximate surface area is 223 Å². The zero-order chi connectivity index (χ0) is 27.3. The zero-order valence-corrected chi connectivity index (χ0v) is 21.4. The number of alkyl halides is 3. The first-order valence-corrected chi connectivity index (χ1v) is 13.0. The Bertz CT molecular complexity index is 1320. The van der Waals surface area contributed by atoms with E-state index in [1.54, 1.807) is 48.5 Å². The van der Waals surface area contributed by atoms with Gasteiger partial charge in [-0.3, -0.25) is 14.2 Å². The second kappa shape index (κ2) is 12.1. The van der Waals surface area contributed by atoms with Gasteiger partial charge in [0.05, 0.1) is 18.3 Å². The van der Waals surface area contributed by atoms with Crippen molar-refractivity contribution < 1.29 is 23.1 Å². The van der Waals surface area contributed by atoms with Crippen LogP contribution in [-0.4, -0.2) is 38.9 Å². The first-order chi connectivity index (χ1) is 18.1. The van der Waals surface area contributed by atoms with Crippen LogP contribution in [0.4, 0.5) is 13.2 Å². The molecule has 4 rings (SSSR count). The molecule has 1 heterocycles. The third-order valence-corrected chi connectivity index (χ3v) is 6.90. The molecule has 1 aromatic heterocycles. The van der Waals surface area contributed by atoms with Crippen LogP contribution in [0, 0.1) is 0 Å². The normalized spacial score (nSPS) is 17.8. The van der Waals surface area contributed by atoms with Gasteiger partial charge in [0.25, 0.3) is 11.5 Å². The van der Waals surface area contributed by atoms with Crippen LogP contribution in [0.3, 0.4) is 0 Å². The van der Waals surface area contributed by atoms with E-state index in [-0.39, 0.29) is 43.3 Å². The number of aryl methyl sites for hydroxylation is 1. The third kappa shape index (κ3) is 7.68. The molecule has 0 unspecified atom stereocenters. The van der Waals surface area contributed by atoms with Crippen LogP contribution in [0.5, 0.6) is 0 Å². The largest absolute Gasteiger partial charge is 0.393 e. The second-order valence-electron chi connectivity index (χ2n) is 9.64. The Morgan fingerprint density at radius 2 is 1.79 bits per heavy atom. The molecule has 202 valence electrons. The van der Waals surface area contributed by atoms with Crippen molar-refractivity contribution in [2.75, 3.05) is 0 Å². The summed E-state index contributed by atoms with van der Waals surface area (Å²) in [6, 6.07) is 14.8. The number of halogens is 4. The molecular formula is C28H29ClF3N3O3. The molecular weight excluding hydrogens is 519 g/mol. The molecule has 1 saturated carbocycles. The molecule has 1 aliphatic rings. The van der Waals surface area contributed by atoms with E-state index in [4.69, 9.17) is 11.6 Å². The Hall–Kier alpha value is -3.17. The van der Waals surface area contributed by atoms with E-state index in [0.29, 0.717) is 53.1 Å².